The minimum Gasteiger partial charge on any atom is -0.294 e. The number of hydrogen-bond acceptors (Lipinski definition) is 2. The number of thioether (sulfide) groups is 1. The van der Waals surface area contributed by atoms with E-state index in [0.717, 1.165) is 0 Å². The van der Waals surface area contributed by atoms with Gasteiger partial charge in [-0.3, -0.25) is 4.79 Å². The zero-order valence-electron chi connectivity index (χ0n) is 9.33. The van der Waals surface area contributed by atoms with Crippen LogP contribution in [0, 0.1) is 5.92 Å². The van der Waals surface area contributed by atoms with E-state index in [0.29, 0.717) is 5.56 Å². The second kappa shape index (κ2) is 6.10. The molecule has 0 N–H and O–H groups in total. The number of Topliss-reactive ketones (excluding diaryl/α,β-unsaturated/α-hetero) is 1. The minimum absolute atomic E-state index is 0.0777. The van der Waals surface area contributed by atoms with Gasteiger partial charge in [-0.2, -0.15) is 13.2 Å². The van der Waals surface area contributed by atoms with Crippen LogP contribution in [-0.4, -0.2) is 17.0 Å². The smallest absolute Gasteiger partial charge is 0.294 e. The first kappa shape index (κ1) is 14.1. The van der Waals surface area contributed by atoms with Crippen molar-refractivity contribution in [1.29, 1.82) is 0 Å². The molecule has 1 rings (SSSR count). The summed E-state index contributed by atoms with van der Waals surface area (Å²) < 4.78 is 35.7. The summed E-state index contributed by atoms with van der Waals surface area (Å²) in [7, 11) is 0. The molecule has 1 aromatic rings. The number of rotatable bonds is 5. The fraction of sp³-hybridized carbons (Fsp3) is 0.417. The van der Waals surface area contributed by atoms with Crippen LogP contribution in [0.3, 0.4) is 0 Å². The van der Waals surface area contributed by atoms with E-state index in [9.17, 15) is 18.0 Å². The van der Waals surface area contributed by atoms with Crippen LogP contribution in [-0.2, 0) is 0 Å². The molecule has 1 unspecified atom stereocenters. The van der Waals surface area contributed by atoms with Crippen molar-refractivity contribution in [3.05, 3.63) is 35.9 Å². The van der Waals surface area contributed by atoms with Crippen molar-refractivity contribution in [2.75, 3.05) is 5.75 Å². The number of hydrogen-bond donors (Lipinski definition) is 0. The topological polar surface area (TPSA) is 17.1 Å². The molecule has 0 aliphatic rings. The predicted octanol–water partition coefficient (Wildman–Crippen LogP) is 4.15. The number of carbonyl (C=O) groups is 1. The van der Waals surface area contributed by atoms with Crippen molar-refractivity contribution >= 4 is 17.5 Å². The van der Waals surface area contributed by atoms with Gasteiger partial charge < -0.3 is 0 Å². The average molecular weight is 262 g/mol. The van der Waals surface area contributed by atoms with E-state index in [2.05, 4.69) is 0 Å². The van der Waals surface area contributed by atoms with E-state index >= 15 is 0 Å². The molecule has 0 radical (unpaired) electrons. The fourth-order valence-electron chi connectivity index (χ4n) is 1.37. The van der Waals surface area contributed by atoms with Crippen LogP contribution < -0.4 is 0 Å². The molecular formula is C12H13F3OS. The van der Waals surface area contributed by atoms with E-state index in [1.807, 2.05) is 0 Å². The molecular weight excluding hydrogens is 249 g/mol. The Bertz CT molecular complexity index is 362. The van der Waals surface area contributed by atoms with Crippen molar-refractivity contribution in [3.63, 3.8) is 0 Å². The van der Waals surface area contributed by atoms with Gasteiger partial charge in [0.15, 0.2) is 5.78 Å². The van der Waals surface area contributed by atoms with Gasteiger partial charge in [-0.15, -0.1) is 0 Å². The largest absolute Gasteiger partial charge is 0.441 e. The lowest BCUT2D eigenvalue weighted by molar-refractivity contribution is -0.0328. The molecule has 5 heteroatoms. The molecule has 0 heterocycles. The van der Waals surface area contributed by atoms with E-state index in [1.165, 1.54) is 0 Å². The maximum absolute atomic E-state index is 11.9. The number of benzene rings is 1. The summed E-state index contributed by atoms with van der Waals surface area (Å²) in [5.74, 6) is -0.566. The highest BCUT2D eigenvalue weighted by Crippen LogP contribution is 2.31. The van der Waals surface area contributed by atoms with Crippen LogP contribution in [0.1, 0.15) is 23.7 Å². The lowest BCUT2D eigenvalue weighted by Gasteiger charge is -2.11. The summed E-state index contributed by atoms with van der Waals surface area (Å²) in [5, 5.41) is 0. The van der Waals surface area contributed by atoms with Crippen LogP contribution in [0.15, 0.2) is 30.3 Å². The average Bonchev–Trinajstić information content (AvgIpc) is 2.27. The van der Waals surface area contributed by atoms with Crippen LogP contribution in [0.25, 0.3) is 0 Å². The van der Waals surface area contributed by atoms with Gasteiger partial charge in [-0.05, 0) is 6.42 Å². The molecule has 1 nitrogen and oxygen atoms in total. The first-order valence-electron chi connectivity index (χ1n) is 5.20. The Balaban J connectivity index is 2.43. The maximum Gasteiger partial charge on any atom is 0.441 e. The number of alkyl halides is 3. The number of carbonyl (C=O) groups excluding carboxylic acids is 1. The molecule has 0 bridgehead atoms. The molecule has 0 saturated carbocycles. The molecule has 17 heavy (non-hydrogen) atoms. The molecule has 0 spiro atoms. The van der Waals surface area contributed by atoms with Gasteiger partial charge >= 0.3 is 5.51 Å². The molecule has 0 aromatic heterocycles. The summed E-state index contributed by atoms with van der Waals surface area (Å²) in [5.41, 5.74) is -3.66. The Morgan fingerprint density at radius 1 is 1.29 bits per heavy atom. The van der Waals surface area contributed by atoms with E-state index < -0.39 is 5.51 Å². The summed E-state index contributed by atoms with van der Waals surface area (Å²) in [6, 6.07) is 8.63. The van der Waals surface area contributed by atoms with Crippen LogP contribution in [0.4, 0.5) is 13.2 Å². The standard InChI is InChI=1S/C12H13F3OS/c1-9(7-8-17-12(13,14)15)11(16)10-5-3-2-4-6-10/h2-6,9H,7-8H2,1H3. The van der Waals surface area contributed by atoms with Gasteiger partial charge in [0.1, 0.15) is 0 Å². The van der Waals surface area contributed by atoms with Crippen molar-refractivity contribution < 1.29 is 18.0 Å². The Morgan fingerprint density at radius 2 is 1.88 bits per heavy atom. The van der Waals surface area contributed by atoms with Gasteiger partial charge in [0, 0.05) is 17.2 Å². The fourth-order valence-corrected chi connectivity index (χ4v) is 2.07. The molecule has 0 saturated heterocycles. The Morgan fingerprint density at radius 3 is 2.41 bits per heavy atom. The monoisotopic (exact) mass is 262 g/mol. The number of ketones is 1. The third-order valence-corrected chi connectivity index (χ3v) is 3.09. The first-order valence-corrected chi connectivity index (χ1v) is 6.18. The third kappa shape index (κ3) is 5.26. The molecule has 0 aliphatic carbocycles. The molecule has 1 aromatic carbocycles. The lowest BCUT2D eigenvalue weighted by atomic mass is 9.97. The normalized spacial score (nSPS) is 13.4. The zero-order chi connectivity index (χ0) is 12.9. The molecule has 0 fully saturated rings. The molecule has 0 aliphatic heterocycles. The summed E-state index contributed by atoms with van der Waals surface area (Å²) in [4.78, 5) is 11.8. The van der Waals surface area contributed by atoms with Crippen LogP contribution in [0.5, 0.6) is 0 Å². The summed E-state index contributed by atoms with van der Waals surface area (Å²) in [6.45, 7) is 1.66. The number of halogens is 3. The van der Waals surface area contributed by atoms with E-state index in [1.54, 1.807) is 37.3 Å². The van der Waals surface area contributed by atoms with Crippen LogP contribution >= 0.6 is 11.8 Å². The minimum atomic E-state index is -4.21. The Hall–Kier alpha value is -0.970. The van der Waals surface area contributed by atoms with Crippen molar-refractivity contribution in [2.45, 2.75) is 18.9 Å². The first-order chi connectivity index (χ1) is 7.90. The highest BCUT2D eigenvalue weighted by atomic mass is 32.2. The van der Waals surface area contributed by atoms with Crippen LogP contribution in [0.2, 0.25) is 0 Å². The summed E-state index contributed by atoms with van der Waals surface area (Å²) >= 11 is -0.0777. The highest BCUT2D eigenvalue weighted by molar-refractivity contribution is 8.00. The van der Waals surface area contributed by atoms with Gasteiger partial charge in [-0.25, -0.2) is 0 Å². The Kier molecular flexibility index (Phi) is 5.05. The van der Waals surface area contributed by atoms with Crippen molar-refractivity contribution in [1.82, 2.24) is 0 Å². The SMILES string of the molecule is CC(CCSC(F)(F)F)C(=O)c1ccccc1. The second-order valence-corrected chi connectivity index (χ2v) is 4.87. The molecule has 1 atom stereocenters. The molecule has 0 amide bonds. The van der Waals surface area contributed by atoms with Crippen molar-refractivity contribution in [2.24, 2.45) is 5.92 Å². The summed E-state index contributed by atoms with van der Waals surface area (Å²) in [6.07, 6.45) is 0.234. The van der Waals surface area contributed by atoms with Gasteiger partial charge in [-0.1, -0.05) is 49.0 Å². The second-order valence-electron chi connectivity index (χ2n) is 3.71. The predicted molar refractivity (Wildman–Crippen MR) is 63.1 cm³/mol. The highest BCUT2D eigenvalue weighted by Gasteiger charge is 2.28. The zero-order valence-corrected chi connectivity index (χ0v) is 10.1. The van der Waals surface area contributed by atoms with Crippen molar-refractivity contribution in [3.8, 4) is 0 Å². The van der Waals surface area contributed by atoms with E-state index in [4.69, 9.17) is 0 Å². The Labute approximate surface area is 102 Å². The quantitative estimate of drug-likeness (QED) is 0.741. The maximum atomic E-state index is 11.9. The lowest BCUT2D eigenvalue weighted by Crippen LogP contribution is -2.13. The molecule has 94 valence electrons. The van der Waals surface area contributed by atoms with Gasteiger partial charge in [0.05, 0.1) is 0 Å². The van der Waals surface area contributed by atoms with Gasteiger partial charge in [0.2, 0.25) is 0 Å². The third-order valence-electron chi connectivity index (χ3n) is 2.32. The van der Waals surface area contributed by atoms with Gasteiger partial charge in [0.25, 0.3) is 0 Å². The van der Waals surface area contributed by atoms with E-state index in [-0.39, 0.29) is 35.6 Å².